The van der Waals surface area contributed by atoms with Crippen molar-refractivity contribution < 1.29 is 27.5 Å². The van der Waals surface area contributed by atoms with Crippen molar-refractivity contribution in [1.82, 2.24) is 0 Å². The standard InChI is InChI=1S/C24H13ClF3NO4/c25-14-6-9-18-17(11-14)21(31)19-20(12-4-7-16(30)8-5-12)29(23(32)22(19)33-18)15-3-1-2-13(10-15)24(26,27)28/h1-11,20,30H. The number of hydrogen-bond donors (Lipinski definition) is 1. The molecular formula is C24H13ClF3NO4. The number of nitrogens with zero attached hydrogens (tertiary/aromatic N) is 1. The molecule has 5 rings (SSSR count). The van der Waals surface area contributed by atoms with E-state index in [1.54, 1.807) is 0 Å². The highest BCUT2D eigenvalue weighted by Gasteiger charge is 2.44. The van der Waals surface area contributed by atoms with Crippen LogP contribution in [0.1, 0.15) is 33.3 Å². The van der Waals surface area contributed by atoms with Crippen LogP contribution in [-0.4, -0.2) is 11.0 Å². The monoisotopic (exact) mass is 471 g/mol. The number of fused-ring (bicyclic) bond motifs is 2. The van der Waals surface area contributed by atoms with Gasteiger partial charge in [-0.2, -0.15) is 13.2 Å². The summed E-state index contributed by atoms with van der Waals surface area (Å²) >= 11 is 6.03. The van der Waals surface area contributed by atoms with Crippen molar-refractivity contribution in [3.63, 3.8) is 0 Å². The maximum absolute atomic E-state index is 13.4. The first-order valence-corrected chi connectivity index (χ1v) is 10.1. The first kappa shape index (κ1) is 21.1. The lowest BCUT2D eigenvalue weighted by Crippen LogP contribution is -2.29. The minimum atomic E-state index is -4.63. The van der Waals surface area contributed by atoms with Gasteiger partial charge in [0.1, 0.15) is 11.3 Å². The highest BCUT2D eigenvalue weighted by atomic mass is 35.5. The molecule has 1 unspecified atom stereocenters. The van der Waals surface area contributed by atoms with Gasteiger partial charge in [-0.15, -0.1) is 0 Å². The second-order valence-corrected chi connectivity index (χ2v) is 7.97. The van der Waals surface area contributed by atoms with Gasteiger partial charge in [0, 0.05) is 10.7 Å². The van der Waals surface area contributed by atoms with E-state index in [4.69, 9.17) is 16.0 Å². The van der Waals surface area contributed by atoms with Crippen LogP contribution >= 0.6 is 11.6 Å². The average Bonchev–Trinajstić information content (AvgIpc) is 3.07. The van der Waals surface area contributed by atoms with E-state index in [1.165, 1.54) is 54.6 Å². The third kappa shape index (κ3) is 3.43. The summed E-state index contributed by atoms with van der Waals surface area (Å²) in [6.07, 6.45) is -4.63. The van der Waals surface area contributed by atoms with E-state index < -0.39 is 29.1 Å². The third-order valence-corrected chi connectivity index (χ3v) is 5.73. The van der Waals surface area contributed by atoms with Crippen LogP contribution in [0.25, 0.3) is 11.0 Å². The van der Waals surface area contributed by atoms with Gasteiger partial charge in [0.25, 0.3) is 5.91 Å². The Morgan fingerprint density at radius 2 is 1.70 bits per heavy atom. The number of carbonyl (C=O) groups excluding carboxylic acids is 1. The second kappa shape index (κ2) is 7.38. The number of hydrogen-bond acceptors (Lipinski definition) is 4. The molecule has 0 fully saturated rings. The van der Waals surface area contributed by atoms with Crippen LogP contribution in [0.5, 0.6) is 5.75 Å². The highest BCUT2D eigenvalue weighted by Crippen LogP contribution is 2.43. The number of amides is 1. The van der Waals surface area contributed by atoms with Crippen molar-refractivity contribution in [2.24, 2.45) is 0 Å². The predicted molar refractivity (Wildman–Crippen MR) is 116 cm³/mol. The first-order chi connectivity index (χ1) is 15.6. The molecule has 166 valence electrons. The largest absolute Gasteiger partial charge is 0.508 e. The lowest BCUT2D eigenvalue weighted by Gasteiger charge is -2.26. The molecule has 9 heteroatoms. The van der Waals surface area contributed by atoms with E-state index in [1.807, 2.05) is 0 Å². The Balaban J connectivity index is 1.79. The third-order valence-electron chi connectivity index (χ3n) is 5.49. The van der Waals surface area contributed by atoms with Crippen molar-refractivity contribution in [2.75, 3.05) is 4.90 Å². The fourth-order valence-electron chi connectivity index (χ4n) is 4.02. The van der Waals surface area contributed by atoms with Crippen molar-refractivity contribution in [3.8, 4) is 5.75 Å². The van der Waals surface area contributed by atoms with Gasteiger partial charge in [0.2, 0.25) is 5.76 Å². The number of phenols is 1. The lowest BCUT2D eigenvalue weighted by molar-refractivity contribution is -0.137. The zero-order chi connectivity index (χ0) is 23.5. The fraction of sp³-hybridized carbons (Fsp3) is 0.0833. The second-order valence-electron chi connectivity index (χ2n) is 7.53. The maximum Gasteiger partial charge on any atom is 0.416 e. The van der Waals surface area contributed by atoms with Crippen LogP contribution < -0.4 is 10.3 Å². The molecule has 3 aromatic carbocycles. The molecular weight excluding hydrogens is 459 g/mol. The Kier molecular flexibility index (Phi) is 4.72. The number of halogens is 4. The van der Waals surface area contributed by atoms with Gasteiger partial charge in [-0.1, -0.05) is 29.8 Å². The minimum Gasteiger partial charge on any atom is -0.508 e. The quantitative estimate of drug-likeness (QED) is 0.394. The summed E-state index contributed by atoms with van der Waals surface area (Å²) in [5, 5.41) is 10.1. The van der Waals surface area contributed by atoms with E-state index in [0.717, 1.165) is 17.0 Å². The maximum atomic E-state index is 13.4. The highest BCUT2D eigenvalue weighted by molar-refractivity contribution is 6.31. The van der Waals surface area contributed by atoms with Crippen molar-refractivity contribution >= 4 is 34.2 Å². The zero-order valence-electron chi connectivity index (χ0n) is 16.6. The molecule has 1 atom stereocenters. The molecule has 5 nitrogen and oxygen atoms in total. The molecule has 0 bridgehead atoms. The molecule has 1 N–H and O–H groups in total. The van der Waals surface area contributed by atoms with E-state index >= 15 is 0 Å². The summed E-state index contributed by atoms with van der Waals surface area (Å²) in [6, 6.07) is 13.3. The molecule has 0 spiro atoms. The number of rotatable bonds is 2. The van der Waals surface area contributed by atoms with Crippen molar-refractivity contribution in [3.05, 3.63) is 104 Å². The summed E-state index contributed by atoms with van der Waals surface area (Å²) < 4.78 is 45.8. The smallest absolute Gasteiger partial charge is 0.416 e. The number of phenolic OH excluding ortho intramolecular Hbond substituents is 1. The van der Waals surface area contributed by atoms with E-state index in [-0.39, 0.29) is 38.8 Å². The first-order valence-electron chi connectivity index (χ1n) is 9.71. The SMILES string of the molecule is O=C1c2oc3ccc(Cl)cc3c(=O)c2C(c2ccc(O)cc2)N1c1cccc(C(F)(F)F)c1. The Morgan fingerprint density at radius 3 is 2.39 bits per heavy atom. The minimum absolute atomic E-state index is 0.0159. The van der Waals surface area contributed by atoms with Gasteiger partial charge in [-0.05, 0) is 54.1 Å². The molecule has 1 aliphatic rings. The molecule has 1 aliphatic heterocycles. The van der Waals surface area contributed by atoms with Crippen LogP contribution in [-0.2, 0) is 6.18 Å². The van der Waals surface area contributed by atoms with Crippen molar-refractivity contribution in [2.45, 2.75) is 12.2 Å². The molecule has 1 aromatic heterocycles. The van der Waals surface area contributed by atoms with Crippen LogP contribution in [0.2, 0.25) is 5.02 Å². The summed E-state index contributed by atoms with van der Waals surface area (Å²) in [4.78, 5) is 27.9. The van der Waals surface area contributed by atoms with Crippen LogP contribution in [0.15, 0.2) is 75.9 Å². The van der Waals surface area contributed by atoms with Gasteiger partial charge in [-0.3, -0.25) is 14.5 Å². The molecule has 33 heavy (non-hydrogen) atoms. The molecule has 0 saturated carbocycles. The topological polar surface area (TPSA) is 70.8 Å². The van der Waals surface area contributed by atoms with Crippen LogP contribution in [0.3, 0.4) is 0 Å². The van der Waals surface area contributed by atoms with Gasteiger partial charge in [-0.25, -0.2) is 0 Å². The molecule has 2 heterocycles. The van der Waals surface area contributed by atoms with Crippen LogP contribution in [0, 0.1) is 0 Å². The average molecular weight is 472 g/mol. The number of aromatic hydroxyl groups is 1. The Bertz CT molecular complexity index is 1480. The molecule has 0 aliphatic carbocycles. The zero-order valence-corrected chi connectivity index (χ0v) is 17.3. The molecule has 0 saturated heterocycles. The lowest BCUT2D eigenvalue weighted by atomic mass is 9.98. The Morgan fingerprint density at radius 1 is 0.970 bits per heavy atom. The van der Waals surface area contributed by atoms with E-state index in [0.29, 0.717) is 5.56 Å². The van der Waals surface area contributed by atoms with E-state index in [2.05, 4.69) is 0 Å². The Labute approximate surface area is 189 Å². The Hall–Kier alpha value is -3.78. The van der Waals surface area contributed by atoms with Gasteiger partial charge in [0.15, 0.2) is 5.43 Å². The number of alkyl halides is 3. The van der Waals surface area contributed by atoms with Gasteiger partial charge >= 0.3 is 6.18 Å². The summed E-state index contributed by atoms with van der Waals surface area (Å²) in [5.41, 5.74) is -0.990. The van der Waals surface area contributed by atoms with E-state index in [9.17, 15) is 27.9 Å². The van der Waals surface area contributed by atoms with Crippen LogP contribution in [0.4, 0.5) is 18.9 Å². The number of benzene rings is 3. The number of anilines is 1. The molecule has 0 radical (unpaired) electrons. The molecule has 1 amide bonds. The fourth-order valence-corrected chi connectivity index (χ4v) is 4.19. The number of carbonyl (C=O) groups is 1. The molecule has 4 aromatic rings. The van der Waals surface area contributed by atoms with Gasteiger partial charge in [0.05, 0.1) is 22.6 Å². The summed E-state index contributed by atoms with van der Waals surface area (Å²) in [7, 11) is 0. The summed E-state index contributed by atoms with van der Waals surface area (Å²) in [5.74, 6) is -1.06. The summed E-state index contributed by atoms with van der Waals surface area (Å²) in [6.45, 7) is 0. The van der Waals surface area contributed by atoms with Gasteiger partial charge < -0.3 is 9.52 Å². The predicted octanol–water partition coefficient (Wildman–Crippen LogP) is 5.92. The normalized spacial score (nSPS) is 15.8. The van der Waals surface area contributed by atoms with Crippen molar-refractivity contribution in [1.29, 1.82) is 0 Å².